The average molecular weight is 489 g/mol. The Morgan fingerprint density at radius 3 is 1.55 bits per heavy atom. The van der Waals surface area contributed by atoms with Crippen molar-refractivity contribution in [2.45, 2.75) is 142 Å². The van der Waals surface area contributed by atoms with E-state index in [-0.39, 0.29) is 5.78 Å². The third-order valence-corrected chi connectivity index (χ3v) is 8.76. The Labute approximate surface area is 207 Å². The first kappa shape index (κ1) is 32.8. The largest absolute Gasteiger partial charge is 0.385 e. The summed E-state index contributed by atoms with van der Waals surface area (Å²) in [7, 11) is 2.36. The molecule has 0 heterocycles. The predicted molar refractivity (Wildman–Crippen MR) is 146 cm³/mol. The quantitative estimate of drug-likeness (QED) is 0.0637. The van der Waals surface area contributed by atoms with Crippen molar-refractivity contribution in [3.8, 4) is 0 Å². The standard InChI is InChI=1S/C28H58NO3P/c1-6-8-9-10-11-12-13-14-15-16-17-18-19-20-21-22-23-24-25-27-32-33(30,31)28(26-7-2)29(3,4)5/h11-12,28H,6-10,13-27H2,1-5H3/p+1/b12-11-. The Balaban J connectivity index is 3.49. The van der Waals surface area contributed by atoms with E-state index in [2.05, 4.69) is 26.0 Å². The SMILES string of the molecule is CCCCC/C=C\CCCCCCCCCCCCCCOP(=O)(O)C(CCC)[N+](C)(C)C. The molecule has 0 aliphatic heterocycles. The van der Waals surface area contributed by atoms with Gasteiger partial charge in [-0.05, 0) is 38.5 Å². The summed E-state index contributed by atoms with van der Waals surface area (Å²) < 4.78 is 18.6. The fourth-order valence-corrected chi connectivity index (χ4v) is 6.43. The highest BCUT2D eigenvalue weighted by Gasteiger charge is 2.41. The highest BCUT2D eigenvalue weighted by molar-refractivity contribution is 7.53. The molecule has 0 aliphatic carbocycles. The lowest BCUT2D eigenvalue weighted by molar-refractivity contribution is -0.883. The van der Waals surface area contributed by atoms with Gasteiger partial charge in [-0.2, -0.15) is 0 Å². The number of rotatable bonds is 24. The van der Waals surface area contributed by atoms with Crippen molar-refractivity contribution < 1.29 is 18.5 Å². The molecule has 0 saturated carbocycles. The topological polar surface area (TPSA) is 46.5 Å². The molecule has 0 aromatic heterocycles. The normalized spacial score (nSPS) is 15.2. The number of nitrogens with zero attached hydrogens (tertiary/aromatic N) is 1. The van der Waals surface area contributed by atoms with Gasteiger partial charge in [-0.25, -0.2) is 0 Å². The van der Waals surface area contributed by atoms with Crippen LogP contribution in [-0.4, -0.2) is 42.9 Å². The molecule has 0 rings (SSSR count). The smallest absolute Gasteiger partial charge is 0.320 e. The third-order valence-electron chi connectivity index (χ3n) is 6.50. The second kappa shape index (κ2) is 21.2. The summed E-state index contributed by atoms with van der Waals surface area (Å²) in [6.45, 7) is 4.72. The second-order valence-corrected chi connectivity index (χ2v) is 12.8. The zero-order valence-corrected chi connectivity index (χ0v) is 23.9. The maximum Gasteiger partial charge on any atom is 0.385 e. The zero-order chi connectivity index (χ0) is 24.8. The molecule has 4 nitrogen and oxygen atoms in total. The summed E-state index contributed by atoms with van der Waals surface area (Å²) in [6.07, 6.45) is 28.4. The summed E-state index contributed by atoms with van der Waals surface area (Å²) in [5.41, 5.74) is 0. The van der Waals surface area contributed by atoms with Crippen LogP contribution in [0.5, 0.6) is 0 Å². The summed E-state index contributed by atoms with van der Waals surface area (Å²) in [5.74, 6) is -0.334. The molecule has 0 aromatic carbocycles. The van der Waals surface area contributed by atoms with Gasteiger partial charge in [0.05, 0.1) is 27.7 Å². The highest BCUT2D eigenvalue weighted by Crippen LogP contribution is 2.51. The molecule has 5 heteroatoms. The molecule has 0 fully saturated rings. The van der Waals surface area contributed by atoms with Crippen molar-refractivity contribution in [2.24, 2.45) is 0 Å². The van der Waals surface area contributed by atoms with Crippen LogP contribution in [0.15, 0.2) is 12.2 Å². The minimum Gasteiger partial charge on any atom is -0.320 e. The van der Waals surface area contributed by atoms with Crippen LogP contribution in [0.25, 0.3) is 0 Å². The van der Waals surface area contributed by atoms with Gasteiger partial charge < -0.3 is 13.9 Å². The third kappa shape index (κ3) is 19.8. The number of allylic oxidation sites excluding steroid dienone is 2. The minimum atomic E-state index is -3.57. The number of quaternary nitrogens is 1. The van der Waals surface area contributed by atoms with Gasteiger partial charge >= 0.3 is 7.60 Å². The fraction of sp³-hybridized carbons (Fsp3) is 0.929. The summed E-state index contributed by atoms with van der Waals surface area (Å²) in [5, 5.41) is 0. The molecular formula is C28H59NO3P+. The summed E-state index contributed by atoms with van der Waals surface area (Å²) >= 11 is 0. The molecule has 0 radical (unpaired) electrons. The number of hydrogen-bond donors (Lipinski definition) is 1. The Morgan fingerprint density at radius 2 is 1.12 bits per heavy atom. The maximum absolute atomic E-state index is 12.7. The van der Waals surface area contributed by atoms with E-state index in [0.717, 1.165) is 19.3 Å². The summed E-state index contributed by atoms with van der Waals surface area (Å²) in [4.78, 5) is 10.4. The Morgan fingerprint density at radius 1 is 0.697 bits per heavy atom. The van der Waals surface area contributed by atoms with Crippen molar-refractivity contribution in [2.75, 3.05) is 27.7 Å². The molecule has 1 N–H and O–H groups in total. The van der Waals surface area contributed by atoms with Crippen LogP contribution in [-0.2, 0) is 9.09 Å². The molecule has 0 aromatic rings. The maximum atomic E-state index is 12.7. The first-order valence-corrected chi connectivity index (χ1v) is 15.8. The molecule has 2 atom stereocenters. The molecule has 0 spiro atoms. The van der Waals surface area contributed by atoms with Crippen LogP contribution in [0.4, 0.5) is 0 Å². The van der Waals surface area contributed by atoms with Gasteiger partial charge in [0.2, 0.25) is 0 Å². The van der Waals surface area contributed by atoms with Crippen LogP contribution in [0.3, 0.4) is 0 Å². The first-order chi connectivity index (χ1) is 15.8. The Kier molecular flexibility index (Phi) is 21.1. The van der Waals surface area contributed by atoms with Gasteiger partial charge in [-0.1, -0.05) is 103 Å². The molecule has 0 saturated heterocycles. The van der Waals surface area contributed by atoms with E-state index in [1.807, 2.05) is 21.1 Å². The van der Waals surface area contributed by atoms with Gasteiger partial charge in [-0.3, -0.25) is 4.57 Å². The van der Waals surface area contributed by atoms with E-state index < -0.39 is 7.60 Å². The second-order valence-electron chi connectivity index (χ2n) is 10.8. The van der Waals surface area contributed by atoms with E-state index in [9.17, 15) is 9.46 Å². The molecule has 0 amide bonds. The van der Waals surface area contributed by atoms with E-state index in [4.69, 9.17) is 4.52 Å². The van der Waals surface area contributed by atoms with Crippen LogP contribution in [0.2, 0.25) is 0 Å². The van der Waals surface area contributed by atoms with Crippen LogP contribution < -0.4 is 0 Å². The molecular weight excluding hydrogens is 429 g/mol. The van der Waals surface area contributed by atoms with Gasteiger partial charge in [0.1, 0.15) is 0 Å². The van der Waals surface area contributed by atoms with E-state index in [1.54, 1.807) is 0 Å². The lowest BCUT2D eigenvalue weighted by atomic mass is 10.0. The van der Waals surface area contributed by atoms with Crippen LogP contribution in [0.1, 0.15) is 136 Å². The van der Waals surface area contributed by atoms with Crippen LogP contribution >= 0.6 is 7.60 Å². The van der Waals surface area contributed by atoms with Crippen molar-refractivity contribution in [3.63, 3.8) is 0 Å². The zero-order valence-electron chi connectivity index (χ0n) is 23.0. The predicted octanol–water partition coefficient (Wildman–Crippen LogP) is 9.23. The Bertz CT molecular complexity index is 502. The molecule has 33 heavy (non-hydrogen) atoms. The first-order valence-electron chi connectivity index (χ1n) is 14.2. The molecule has 0 bridgehead atoms. The van der Waals surface area contributed by atoms with Crippen molar-refractivity contribution in [1.82, 2.24) is 0 Å². The Hall–Kier alpha value is -0.150. The van der Waals surface area contributed by atoms with Crippen molar-refractivity contribution >= 4 is 7.60 Å². The fourth-order valence-electron chi connectivity index (χ4n) is 4.41. The van der Waals surface area contributed by atoms with Gasteiger partial charge in [0.25, 0.3) is 0 Å². The van der Waals surface area contributed by atoms with Gasteiger partial charge in [0.15, 0.2) is 5.78 Å². The van der Waals surface area contributed by atoms with Gasteiger partial charge in [-0.15, -0.1) is 0 Å². The van der Waals surface area contributed by atoms with Crippen molar-refractivity contribution in [1.29, 1.82) is 0 Å². The lowest BCUT2D eigenvalue weighted by Gasteiger charge is -2.35. The van der Waals surface area contributed by atoms with Gasteiger partial charge in [0, 0.05) is 6.42 Å². The number of hydrogen-bond acceptors (Lipinski definition) is 2. The molecule has 0 aliphatic rings. The van der Waals surface area contributed by atoms with Crippen LogP contribution in [0, 0.1) is 0 Å². The molecule has 2 unspecified atom stereocenters. The number of unbranched alkanes of at least 4 members (excludes halogenated alkanes) is 15. The monoisotopic (exact) mass is 488 g/mol. The average Bonchev–Trinajstić information content (AvgIpc) is 2.75. The minimum absolute atomic E-state index is 0.334. The summed E-state index contributed by atoms with van der Waals surface area (Å²) in [6, 6.07) is 0. The van der Waals surface area contributed by atoms with E-state index in [1.165, 1.54) is 96.3 Å². The van der Waals surface area contributed by atoms with E-state index in [0.29, 0.717) is 17.5 Å². The lowest BCUT2D eigenvalue weighted by Crippen LogP contribution is -2.45. The van der Waals surface area contributed by atoms with Crippen molar-refractivity contribution in [3.05, 3.63) is 12.2 Å². The van der Waals surface area contributed by atoms with E-state index >= 15 is 0 Å². The highest BCUT2D eigenvalue weighted by atomic mass is 31.2. The molecule has 198 valence electrons.